The lowest BCUT2D eigenvalue weighted by atomic mass is 9.66. The van der Waals surface area contributed by atoms with Crippen molar-refractivity contribution in [3.63, 3.8) is 0 Å². The highest BCUT2D eigenvalue weighted by Gasteiger charge is 2.63. The quantitative estimate of drug-likeness (QED) is 0.515. The van der Waals surface area contributed by atoms with Gasteiger partial charge in [-0.15, -0.1) is 0 Å². The Morgan fingerprint density at radius 1 is 1.18 bits per heavy atom. The van der Waals surface area contributed by atoms with E-state index in [4.69, 9.17) is 9.26 Å². The Bertz CT molecular complexity index is 1360. The normalized spacial score (nSPS) is 25.7. The Labute approximate surface area is 195 Å². The number of ether oxygens (including phenoxy) is 1. The van der Waals surface area contributed by atoms with E-state index in [1.807, 2.05) is 26.8 Å². The zero-order valence-electron chi connectivity index (χ0n) is 18.8. The van der Waals surface area contributed by atoms with E-state index in [0.29, 0.717) is 28.9 Å². The number of morpholine rings is 1. The van der Waals surface area contributed by atoms with Gasteiger partial charge in [0.15, 0.2) is 11.0 Å². The fourth-order valence-electron chi connectivity index (χ4n) is 5.86. The van der Waals surface area contributed by atoms with Crippen molar-refractivity contribution in [1.82, 2.24) is 25.8 Å². The van der Waals surface area contributed by atoms with Gasteiger partial charge in [0.05, 0.1) is 29.8 Å². The third kappa shape index (κ3) is 2.67. The monoisotopic (exact) mass is 464 g/mol. The number of hydrogen-bond acceptors (Lipinski definition) is 9. The van der Waals surface area contributed by atoms with Crippen molar-refractivity contribution in [3.05, 3.63) is 35.8 Å². The van der Waals surface area contributed by atoms with Gasteiger partial charge in [-0.1, -0.05) is 5.16 Å². The maximum atomic E-state index is 13.3. The number of carbonyl (C=O) groups is 3. The number of rotatable bonds is 1. The number of urea groups is 1. The van der Waals surface area contributed by atoms with Gasteiger partial charge in [-0.2, -0.15) is 0 Å². The molecular formula is C23H24N6O5. The van der Waals surface area contributed by atoms with Gasteiger partial charge >= 0.3 is 6.03 Å². The predicted octanol–water partition coefficient (Wildman–Crippen LogP) is 1.73. The van der Waals surface area contributed by atoms with Crippen LogP contribution in [0.1, 0.15) is 26.4 Å². The Kier molecular flexibility index (Phi) is 4.31. The smallest absolute Gasteiger partial charge is 0.328 e. The van der Waals surface area contributed by atoms with E-state index in [2.05, 4.69) is 30.7 Å². The molecule has 3 aliphatic rings. The van der Waals surface area contributed by atoms with Gasteiger partial charge < -0.3 is 14.2 Å². The minimum atomic E-state index is -1.54. The summed E-state index contributed by atoms with van der Waals surface area (Å²) in [6, 6.07) is 0.479. The van der Waals surface area contributed by atoms with Crippen molar-refractivity contribution in [2.24, 2.45) is 5.41 Å². The number of carbonyl (C=O) groups excluding carboxylic acids is 3. The third-order valence-electron chi connectivity index (χ3n) is 7.06. The summed E-state index contributed by atoms with van der Waals surface area (Å²) in [6.07, 6.45) is 4.27. The van der Waals surface area contributed by atoms with Crippen LogP contribution in [0.25, 0.3) is 22.4 Å². The van der Waals surface area contributed by atoms with Crippen LogP contribution in [0.3, 0.4) is 0 Å². The maximum Gasteiger partial charge on any atom is 0.328 e. The highest BCUT2D eigenvalue weighted by atomic mass is 16.5. The second-order valence-corrected chi connectivity index (χ2v) is 9.14. The number of imide groups is 2. The molecule has 1 spiro atoms. The molecule has 6 rings (SSSR count). The van der Waals surface area contributed by atoms with Crippen molar-refractivity contribution in [1.29, 1.82) is 0 Å². The van der Waals surface area contributed by atoms with Gasteiger partial charge in [0, 0.05) is 31.6 Å². The standard InChI is InChI=1S/C23H22N6O5.H2/c1-10-9-29-17-11(2)18-14(16(28-34-18)15-8-24-4-5-25-15)6-13(17)7-23(19(29)12(3)33-10)20(30)26-22(32)27-21(23)31;/h4-6,8,10,12,19H,7,9H2,1-3H3,(H2,26,27,30,31,32);1H/t10-,12+,19-;/m1./s1. The van der Waals surface area contributed by atoms with Crippen LogP contribution in [0.4, 0.5) is 10.5 Å². The van der Waals surface area contributed by atoms with E-state index >= 15 is 0 Å². The van der Waals surface area contributed by atoms with Crippen LogP contribution in [0.5, 0.6) is 0 Å². The van der Waals surface area contributed by atoms with Crippen LogP contribution < -0.4 is 15.5 Å². The summed E-state index contributed by atoms with van der Waals surface area (Å²) >= 11 is 0. The Hall–Kier alpha value is -3.86. The predicted molar refractivity (Wildman–Crippen MR) is 121 cm³/mol. The summed E-state index contributed by atoms with van der Waals surface area (Å²) in [6.45, 7) is 6.21. The van der Waals surface area contributed by atoms with Crippen molar-refractivity contribution >= 4 is 34.5 Å². The van der Waals surface area contributed by atoms with E-state index in [1.165, 1.54) is 0 Å². The van der Waals surface area contributed by atoms with E-state index < -0.39 is 35.4 Å². The zero-order chi connectivity index (χ0) is 23.8. The summed E-state index contributed by atoms with van der Waals surface area (Å²) in [5.74, 6) is -1.24. The number of aromatic nitrogens is 3. The summed E-state index contributed by atoms with van der Waals surface area (Å²) < 4.78 is 11.8. The molecule has 1 aromatic carbocycles. The van der Waals surface area contributed by atoms with Gasteiger partial charge in [0.25, 0.3) is 0 Å². The zero-order valence-corrected chi connectivity index (χ0v) is 18.8. The average Bonchev–Trinajstić information content (AvgIpc) is 3.21. The molecular weight excluding hydrogens is 440 g/mol. The van der Waals surface area contributed by atoms with Crippen molar-refractivity contribution in [3.8, 4) is 11.4 Å². The number of amides is 4. The molecule has 0 saturated carbocycles. The van der Waals surface area contributed by atoms with Crippen LogP contribution >= 0.6 is 0 Å². The minimum absolute atomic E-state index is 0. The molecule has 5 heterocycles. The molecule has 2 N–H and O–H groups in total. The number of barbiturate groups is 1. The van der Waals surface area contributed by atoms with E-state index in [0.717, 1.165) is 16.8 Å². The molecule has 11 heteroatoms. The largest absolute Gasteiger partial charge is 0.372 e. The summed E-state index contributed by atoms with van der Waals surface area (Å²) in [4.78, 5) is 49.1. The first-order valence-electron chi connectivity index (χ1n) is 11.1. The maximum absolute atomic E-state index is 13.3. The average molecular weight is 464 g/mol. The molecule has 3 aliphatic heterocycles. The molecule has 3 aromatic rings. The molecule has 2 saturated heterocycles. The second kappa shape index (κ2) is 7.07. The van der Waals surface area contributed by atoms with Gasteiger partial charge in [-0.05, 0) is 38.8 Å². The Balaban J connectivity index is 0.00000253. The summed E-state index contributed by atoms with van der Waals surface area (Å²) in [5.41, 5.74) is 2.68. The van der Waals surface area contributed by atoms with Crippen molar-refractivity contribution < 1.29 is 25.1 Å². The fourth-order valence-corrected chi connectivity index (χ4v) is 5.86. The molecule has 0 aliphatic carbocycles. The van der Waals surface area contributed by atoms with Crippen LogP contribution in [0.15, 0.2) is 29.2 Å². The number of fused-ring (bicyclic) bond motifs is 5. The highest BCUT2D eigenvalue weighted by Crippen LogP contribution is 2.49. The molecule has 176 valence electrons. The Morgan fingerprint density at radius 2 is 1.94 bits per heavy atom. The molecule has 0 radical (unpaired) electrons. The number of benzene rings is 1. The first-order valence-corrected chi connectivity index (χ1v) is 11.1. The number of nitrogens with one attached hydrogen (secondary N) is 2. The van der Waals surface area contributed by atoms with E-state index in [9.17, 15) is 14.4 Å². The van der Waals surface area contributed by atoms with Gasteiger partial charge in [0.2, 0.25) is 11.8 Å². The van der Waals surface area contributed by atoms with Crippen LogP contribution in [0, 0.1) is 12.3 Å². The molecule has 0 unspecified atom stereocenters. The lowest BCUT2D eigenvalue weighted by Gasteiger charge is -2.55. The van der Waals surface area contributed by atoms with E-state index in [1.54, 1.807) is 18.6 Å². The van der Waals surface area contributed by atoms with Crippen LogP contribution in [-0.4, -0.2) is 57.8 Å². The molecule has 11 nitrogen and oxygen atoms in total. The Morgan fingerprint density at radius 3 is 2.65 bits per heavy atom. The minimum Gasteiger partial charge on any atom is -0.372 e. The molecule has 3 atom stereocenters. The molecule has 34 heavy (non-hydrogen) atoms. The number of aryl methyl sites for hydroxylation is 1. The number of hydrogen-bond donors (Lipinski definition) is 2. The summed E-state index contributed by atoms with van der Waals surface area (Å²) in [7, 11) is 0. The van der Waals surface area contributed by atoms with Crippen molar-refractivity contribution in [2.75, 3.05) is 11.4 Å². The van der Waals surface area contributed by atoms with E-state index in [-0.39, 0.29) is 14.0 Å². The molecule has 2 aromatic heterocycles. The number of nitrogens with zero attached hydrogens (tertiary/aromatic N) is 4. The molecule has 2 fully saturated rings. The van der Waals surface area contributed by atoms with Crippen LogP contribution in [0.2, 0.25) is 0 Å². The first-order chi connectivity index (χ1) is 16.3. The van der Waals surface area contributed by atoms with Gasteiger partial charge in [-0.25, -0.2) is 4.79 Å². The molecule has 4 amide bonds. The van der Waals surface area contributed by atoms with Gasteiger partial charge in [0.1, 0.15) is 11.4 Å². The fraction of sp³-hybridized carbons (Fsp3) is 0.391. The third-order valence-corrected chi connectivity index (χ3v) is 7.06. The SMILES string of the molecule is Cc1c2c(cc3c(-c4cnccn4)noc13)CC1(C(=O)NC(=O)NC1=O)[C@H]1[C@H](C)O[C@H](C)CN21.[HH]. The molecule has 0 bridgehead atoms. The van der Waals surface area contributed by atoms with Crippen LogP contribution in [-0.2, 0) is 20.7 Å². The van der Waals surface area contributed by atoms with Crippen molar-refractivity contribution in [2.45, 2.75) is 45.4 Å². The lowest BCUT2D eigenvalue weighted by Crippen LogP contribution is -2.75. The lowest BCUT2D eigenvalue weighted by molar-refractivity contribution is -0.153. The first kappa shape index (κ1) is 20.7. The summed E-state index contributed by atoms with van der Waals surface area (Å²) in [5, 5.41) is 9.58. The number of anilines is 1. The topological polar surface area (TPSA) is 140 Å². The highest BCUT2D eigenvalue weighted by molar-refractivity contribution is 6.20. The second-order valence-electron chi connectivity index (χ2n) is 9.14. The van der Waals surface area contributed by atoms with Gasteiger partial charge in [-0.3, -0.25) is 30.2 Å².